The van der Waals surface area contributed by atoms with Crippen LogP contribution in [0.2, 0.25) is 5.02 Å². The summed E-state index contributed by atoms with van der Waals surface area (Å²) >= 11 is 5.87. The van der Waals surface area contributed by atoms with Crippen molar-refractivity contribution in [1.82, 2.24) is 0 Å². The van der Waals surface area contributed by atoms with Gasteiger partial charge in [0.15, 0.2) is 0 Å². The third-order valence-electron chi connectivity index (χ3n) is 3.46. The van der Waals surface area contributed by atoms with Crippen LogP contribution in [0.1, 0.15) is 0 Å². The fraction of sp³-hybridized carbons (Fsp3) is 0.100. The first-order chi connectivity index (χ1) is 11.8. The van der Waals surface area contributed by atoms with Crippen LogP contribution in [0.3, 0.4) is 0 Å². The molecule has 3 aromatic rings. The summed E-state index contributed by atoms with van der Waals surface area (Å²) in [7, 11) is 0. The van der Waals surface area contributed by atoms with Gasteiger partial charge in [-0.15, -0.1) is 0 Å². The Bertz CT molecular complexity index is 743. The molecule has 0 saturated carbocycles. The van der Waals surface area contributed by atoms with Gasteiger partial charge in [0.2, 0.25) is 0 Å². The summed E-state index contributed by atoms with van der Waals surface area (Å²) in [6, 6.07) is 25.4. The summed E-state index contributed by atoms with van der Waals surface area (Å²) in [5.41, 5.74) is 2.13. The van der Waals surface area contributed by atoms with E-state index in [0.29, 0.717) is 0 Å². The van der Waals surface area contributed by atoms with Crippen LogP contribution in [-0.4, -0.2) is 13.1 Å². The Kier molecular flexibility index (Phi) is 5.59. The van der Waals surface area contributed by atoms with Crippen molar-refractivity contribution >= 4 is 23.0 Å². The molecule has 2 N–H and O–H groups in total. The van der Waals surface area contributed by atoms with Crippen LogP contribution in [0, 0.1) is 0 Å². The van der Waals surface area contributed by atoms with E-state index in [2.05, 4.69) is 10.6 Å². The average Bonchev–Trinajstić information content (AvgIpc) is 2.62. The van der Waals surface area contributed by atoms with Gasteiger partial charge in [-0.25, -0.2) is 0 Å². The Morgan fingerprint density at radius 2 is 1.12 bits per heavy atom. The summed E-state index contributed by atoms with van der Waals surface area (Å²) < 4.78 is 5.78. The molecule has 122 valence electrons. The largest absolute Gasteiger partial charge is 0.457 e. The van der Waals surface area contributed by atoms with Crippen LogP contribution in [0.4, 0.5) is 11.4 Å². The number of halogens is 1. The van der Waals surface area contributed by atoms with Crippen molar-refractivity contribution in [2.24, 2.45) is 0 Å². The molecule has 0 aliphatic rings. The molecule has 0 fully saturated rings. The molecule has 3 nitrogen and oxygen atoms in total. The fourth-order valence-electron chi connectivity index (χ4n) is 2.25. The van der Waals surface area contributed by atoms with E-state index in [-0.39, 0.29) is 0 Å². The first kappa shape index (κ1) is 16.2. The summed E-state index contributed by atoms with van der Waals surface area (Å²) in [4.78, 5) is 0. The van der Waals surface area contributed by atoms with Gasteiger partial charge in [0, 0.05) is 29.5 Å². The van der Waals surface area contributed by atoms with Gasteiger partial charge in [-0.2, -0.15) is 0 Å². The minimum absolute atomic E-state index is 0.747. The lowest BCUT2D eigenvalue weighted by Crippen LogP contribution is -2.13. The zero-order valence-electron chi connectivity index (χ0n) is 13.2. The molecular weight excluding hydrogens is 320 g/mol. The van der Waals surface area contributed by atoms with E-state index in [0.717, 1.165) is 41.0 Å². The molecule has 0 aromatic heterocycles. The number of hydrogen-bond acceptors (Lipinski definition) is 3. The third-order valence-corrected chi connectivity index (χ3v) is 3.71. The van der Waals surface area contributed by atoms with Crippen molar-refractivity contribution in [2.75, 3.05) is 23.7 Å². The predicted octanol–water partition coefficient (Wildman–Crippen LogP) is 5.66. The lowest BCUT2D eigenvalue weighted by Gasteiger charge is -2.10. The Labute approximate surface area is 147 Å². The monoisotopic (exact) mass is 338 g/mol. The van der Waals surface area contributed by atoms with Crippen molar-refractivity contribution in [3.8, 4) is 11.5 Å². The molecular formula is C20H19ClN2O. The second kappa shape index (κ2) is 8.27. The SMILES string of the molecule is Clc1ccc(NCCNc2ccc(Oc3ccccc3)cc2)cc1. The second-order valence-electron chi connectivity index (χ2n) is 5.30. The molecule has 0 heterocycles. The number of para-hydroxylation sites is 1. The number of rotatable bonds is 7. The highest BCUT2D eigenvalue weighted by atomic mass is 35.5. The first-order valence-corrected chi connectivity index (χ1v) is 8.24. The summed E-state index contributed by atoms with van der Waals surface area (Å²) in [6.45, 7) is 1.64. The van der Waals surface area contributed by atoms with Crippen LogP contribution in [0.25, 0.3) is 0 Å². The third kappa shape index (κ3) is 4.93. The van der Waals surface area contributed by atoms with Crippen LogP contribution >= 0.6 is 11.6 Å². The summed E-state index contributed by atoms with van der Waals surface area (Å²) in [6.07, 6.45) is 0. The van der Waals surface area contributed by atoms with Gasteiger partial charge in [0.05, 0.1) is 0 Å². The number of nitrogens with one attached hydrogen (secondary N) is 2. The molecule has 3 rings (SSSR count). The maximum atomic E-state index is 5.87. The van der Waals surface area contributed by atoms with Crippen molar-refractivity contribution < 1.29 is 4.74 Å². The van der Waals surface area contributed by atoms with E-state index in [1.165, 1.54) is 0 Å². The molecule has 0 aliphatic carbocycles. The fourth-order valence-corrected chi connectivity index (χ4v) is 2.37. The maximum Gasteiger partial charge on any atom is 0.127 e. The van der Waals surface area contributed by atoms with Crippen molar-refractivity contribution in [1.29, 1.82) is 0 Å². The highest BCUT2D eigenvalue weighted by Gasteiger charge is 1.97. The Balaban J connectivity index is 1.43. The lowest BCUT2D eigenvalue weighted by molar-refractivity contribution is 0.483. The molecule has 0 radical (unpaired) electrons. The quantitative estimate of drug-likeness (QED) is 0.545. The van der Waals surface area contributed by atoms with Gasteiger partial charge >= 0.3 is 0 Å². The summed E-state index contributed by atoms with van der Waals surface area (Å²) in [5, 5.41) is 7.46. The number of anilines is 2. The zero-order chi connectivity index (χ0) is 16.6. The molecule has 3 aromatic carbocycles. The maximum absolute atomic E-state index is 5.87. The van der Waals surface area contributed by atoms with E-state index < -0.39 is 0 Å². The number of hydrogen-bond donors (Lipinski definition) is 2. The molecule has 0 bridgehead atoms. The van der Waals surface area contributed by atoms with E-state index in [1.807, 2.05) is 78.9 Å². The molecule has 0 aliphatic heterocycles. The first-order valence-electron chi connectivity index (χ1n) is 7.86. The van der Waals surface area contributed by atoms with Crippen molar-refractivity contribution in [3.63, 3.8) is 0 Å². The lowest BCUT2D eigenvalue weighted by atomic mass is 10.3. The smallest absolute Gasteiger partial charge is 0.127 e. The van der Waals surface area contributed by atoms with Crippen LogP contribution < -0.4 is 15.4 Å². The van der Waals surface area contributed by atoms with E-state index >= 15 is 0 Å². The second-order valence-corrected chi connectivity index (χ2v) is 5.74. The van der Waals surface area contributed by atoms with Gasteiger partial charge in [-0.3, -0.25) is 0 Å². The Hall–Kier alpha value is -2.65. The zero-order valence-corrected chi connectivity index (χ0v) is 14.0. The molecule has 0 unspecified atom stereocenters. The van der Waals surface area contributed by atoms with Crippen LogP contribution in [-0.2, 0) is 0 Å². The van der Waals surface area contributed by atoms with Crippen LogP contribution in [0.5, 0.6) is 11.5 Å². The molecule has 4 heteroatoms. The minimum atomic E-state index is 0.747. The number of benzene rings is 3. The van der Waals surface area contributed by atoms with E-state index in [4.69, 9.17) is 16.3 Å². The normalized spacial score (nSPS) is 10.2. The number of ether oxygens (including phenoxy) is 1. The standard InChI is InChI=1S/C20H19ClN2O/c21-16-6-8-17(9-7-16)22-14-15-23-18-10-12-20(13-11-18)24-19-4-2-1-3-5-19/h1-13,22-23H,14-15H2. The predicted molar refractivity (Wildman–Crippen MR) is 101 cm³/mol. The average molecular weight is 339 g/mol. The van der Waals surface area contributed by atoms with Gasteiger partial charge in [0.1, 0.15) is 11.5 Å². The minimum Gasteiger partial charge on any atom is -0.457 e. The Morgan fingerprint density at radius 1 is 0.625 bits per heavy atom. The van der Waals surface area contributed by atoms with Gasteiger partial charge in [-0.05, 0) is 60.7 Å². The highest BCUT2D eigenvalue weighted by molar-refractivity contribution is 6.30. The molecule has 0 atom stereocenters. The van der Waals surface area contributed by atoms with Gasteiger partial charge in [-0.1, -0.05) is 29.8 Å². The van der Waals surface area contributed by atoms with Gasteiger partial charge < -0.3 is 15.4 Å². The topological polar surface area (TPSA) is 33.3 Å². The Morgan fingerprint density at radius 3 is 1.71 bits per heavy atom. The highest BCUT2D eigenvalue weighted by Crippen LogP contribution is 2.22. The molecule has 0 amide bonds. The van der Waals surface area contributed by atoms with Gasteiger partial charge in [0.25, 0.3) is 0 Å². The summed E-state index contributed by atoms with van der Waals surface area (Å²) in [5.74, 6) is 1.66. The van der Waals surface area contributed by atoms with Crippen LogP contribution in [0.15, 0.2) is 78.9 Å². The molecule has 0 spiro atoms. The molecule has 24 heavy (non-hydrogen) atoms. The van der Waals surface area contributed by atoms with Crippen molar-refractivity contribution in [2.45, 2.75) is 0 Å². The van der Waals surface area contributed by atoms with Crippen molar-refractivity contribution in [3.05, 3.63) is 83.9 Å². The van der Waals surface area contributed by atoms with E-state index in [9.17, 15) is 0 Å². The molecule has 0 saturated heterocycles. The van der Waals surface area contributed by atoms with E-state index in [1.54, 1.807) is 0 Å².